The maximum atomic E-state index is 13.6. The lowest BCUT2D eigenvalue weighted by Gasteiger charge is -2.22. The Morgan fingerprint density at radius 2 is 1.44 bits per heavy atom. The van der Waals surface area contributed by atoms with Crippen LogP contribution in [0.15, 0.2) is 108 Å². The zero-order valence-corrected chi connectivity index (χ0v) is 20.9. The Balaban J connectivity index is 1.60. The molecule has 0 aliphatic rings. The van der Waals surface area contributed by atoms with Crippen LogP contribution < -0.4 is 0 Å². The van der Waals surface area contributed by atoms with Crippen LogP contribution in [0.3, 0.4) is 0 Å². The van der Waals surface area contributed by atoms with E-state index in [0.717, 1.165) is 27.8 Å². The molecule has 0 spiro atoms. The van der Waals surface area contributed by atoms with Gasteiger partial charge in [0.2, 0.25) is 0 Å². The Hall–Kier alpha value is -3.81. The number of aryl methyl sites for hydroxylation is 1. The number of aromatic nitrogens is 1. The highest BCUT2D eigenvalue weighted by atomic mass is 32.2. The first-order chi connectivity index (χ1) is 17.5. The first-order valence-corrected chi connectivity index (χ1v) is 13.1. The molecule has 1 heterocycles. The first kappa shape index (κ1) is 25.3. The first-order valence-electron chi connectivity index (χ1n) is 11.7. The summed E-state index contributed by atoms with van der Waals surface area (Å²) in [7, 11) is -2.49. The van der Waals surface area contributed by atoms with Gasteiger partial charge < -0.3 is 4.74 Å². The molecule has 0 fully saturated rings. The molecule has 0 N–H and O–H groups in total. The van der Waals surface area contributed by atoms with Crippen molar-refractivity contribution in [3.8, 4) is 11.1 Å². The number of nitrogens with zero attached hydrogens (tertiary/aromatic N) is 2. The van der Waals surface area contributed by atoms with E-state index in [1.54, 1.807) is 12.1 Å². The molecule has 0 aliphatic carbocycles. The average Bonchev–Trinajstić information content (AvgIpc) is 2.93. The van der Waals surface area contributed by atoms with Gasteiger partial charge in [0.05, 0.1) is 7.11 Å². The molecule has 0 radical (unpaired) electrons. The molecule has 0 amide bonds. The lowest BCUT2D eigenvalue weighted by atomic mass is 10.0. The van der Waals surface area contributed by atoms with Crippen molar-refractivity contribution in [1.82, 2.24) is 9.29 Å². The SMILES string of the molecule is COC(=O)CCc1cccc(CN(Cc2ccc(-c3ccccc3)cc2)S(=O)(=O)c2ccccn2)c1. The zero-order chi connectivity index (χ0) is 25.4. The van der Waals surface area contributed by atoms with Gasteiger partial charge in [-0.1, -0.05) is 84.9 Å². The van der Waals surface area contributed by atoms with Crippen molar-refractivity contribution in [3.05, 3.63) is 120 Å². The second-order valence-corrected chi connectivity index (χ2v) is 10.3. The van der Waals surface area contributed by atoms with Gasteiger partial charge in [-0.25, -0.2) is 13.4 Å². The van der Waals surface area contributed by atoms with Crippen molar-refractivity contribution in [2.24, 2.45) is 0 Å². The monoisotopic (exact) mass is 500 g/mol. The van der Waals surface area contributed by atoms with E-state index in [1.165, 1.54) is 23.7 Å². The summed E-state index contributed by atoms with van der Waals surface area (Å²) in [5, 5.41) is 0.00718. The maximum absolute atomic E-state index is 13.6. The van der Waals surface area contributed by atoms with Crippen LogP contribution in [0.5, 0.6) is 0 Å². The van der Waals surface area contributed by atoms with Crippen LogP contribution in [-0.2, 0) is 39.1 Å². The summed E-state index contributed by atoms with van der Waals surface area (Å²) in [6, 6.07) is 30.4. The molecule has 4 rings (SSSR count). The molecule has 36 heavy (non-hydrogen) atoms. The third-order valence-corrected chi connectivity index (χ3v) is 7.57. The zero-order valence-electron chi connectivity index (χ0n) is 20.1. The van der Waals surface area contributed by atoms with Crippen molar-refractivity contribution in [2.75, 3.05) is 7.11 Å². The second-order valence-electron chi connectivity index (χ2n) is 8.40. The molecule has 0 aliphatic heterocycles. The van der Waals surface area contributed by atoms with Crippen molar-refractivity contribution < 1.29 is 17.9 Å². The van der Waals surface area contributed by atoms with Crippen molar-refractivity contribution >= 4 is 16.0 Å². The lowest BCUT2D eigenvalue weighted by Crippen LogP contribution is -2.31. The number of hydrogen-bond donors (Lipinski definition) is 0. The molecule has 184 valence electrons. The Kier molecular flexibility index (Phi) is 8.25. The van der Waals surface area contributed by atoms with Gasteiger partial charge in [-0.05, 0) is 46.4 Å². The topological polar surface area (TPSA) is 76.6 Å². The van der Waals surface area contributed by atoms with Gasteiger partial charge in [0, 0.05) is 25.7 Å². The normalized spacial score (nSPS) is 11.4. The fourth-order valence-electron chi connectivity index (χ4n) is 3.93. The maximum Gasteiger partial charge on any atom is 0.305 e. The Labute approximate surface area is 212 Å². The smallest absolute Gasteiger partial charge is 0.305 e. The number of rotatable bonds is 10. The van der Waals surface area contributed by atoms with Crippen molar-refractivity contribution in [3.63, 3.8) is 0 Å². The number of pyridine rings is 1. The number of benzene rings is 3. The minimum Gasteiger partial charge on any atom is -0.469 e. The van der Waals surface area contributed by atoms with Crippen LogP contribution in [0.1, 0.15) is 23.1 Å². The summed E-state index contributed by atoms with van der Waals surface area (Å²) >= 11 is 0. The van der Waals surface area contributed by atoms with E-state index < -0.39 is 10.0 Å². The minimum atomic E-state index is -3.85. The highest BCUT2D eigenvalue weighted by Crippen LogP contribution is 2.23. The molecule has 0 saturated carbocycles. The molecule has 0 bridgehead atoms. The van der Waals surface area contributed by atoms with Gasteiger partial charge in [0.15, 0.2) is 5.03 Å². The molecular formula is C29H28N2O4S. The van der Waals surface area contributed by atoms with E-state index in [0.29, 0.717) is 6.42 Å². The molecule has 1 aromatic heterocycles. The molecule has 4 aromatic rings. The standard InChI is InChI=1S/C29H28N2O4S/c1-35-29(32)18-15-23-8-7-9-25(20-23)22-31(36(33,34)28-12-5-6-19-30-28)21-24-13-16-27(17-14-24)26-10-3-2-4-11-26/h2-14,16-17,19-20H,15,18,21-22H2,1H3. The number of ether oxygens (including phenoxy) is 1. The van der Waals surface area contributed by atoms with Crippen molar-refractivity contribution in [1.29, 1.82) is 0 Å². The number of methoxy groups -OCH3 is 1. The number of esters is 1. The Morgan fingerprint density at radius 3 is 2.14 bits per heavy atom. The predicted octanol–water partition coefficient (Wildman–Crippen LogP) is 5.25. The van der Waals surface area contributed by atoms with Gasteiger partial charge in [-0.3, -0.25) is 4.79 Å². The summed E-state index contributed by atoms with van der Waals surface area (Å²) < 4.78 is 33.3. The van der Waals surface area contributed by atoms with Gasteiger partial charge >= 0.3 is 5.97 Å². The summed E-state index contributed by atoms with van der Waals surface area (Å²) in [4.78, 5) is 15.6. The fraction of sp³-hybridized carbons (Fsp3) is 0.172. The molecule has 6 nitrogen and oxygen atoms in total. The number of sulfonamides is 1. The van der Waals surface area contributed by atoms with Crippen molar-refractivity contribution in [2.45, 2.75) is 31.0 Å². The summed E-state index contributed by atoms with van der Waals surface area (Å²) in [5.41, 5.74) is 4.82. The summed E-state index contributed by atoms with van der Waals surface area (Å²) in [6.07, 6.45) is 2.27. The predicted molar refractivity (Wildman–Crippen MR) is 139 cm³/mol. The second kappa shape index (κ2) is 11.7. The van der Waals surface area contributed by atoms with Gasteiger partial charge in [-0.15, -0.1) is 0 Å². The van der Waals surface area contributed by atoms with Crippen LogP contribution in [0.2, 0.25) is 0 Å². The van der Waals surface area contributed by atoms with E-state index in [-0.39, 0.29) is 30.5 Å². The minimum absolute atomic E-state index is 0.00718. The summed E-state index contributed by atoms with van der Waals surface area (Å²) in [5.74, 6) is -0.279. The molecule has 7 heteroatoms. The average molecular weight is 501 g/mol. The van der Waals surface area contributed by atoms with Crippen LogP contribution in [-0.4, -0.2) is 30.8 Å². The lowest BCUT2D eigenvalue weighted by molar-refractivity contribution is -0.140. The molecule has 0 unspecified atom stereocenters. The fourth-order valence-corrected chi connectivity index (χ4v) is 5.28. The molecule has 0 saturated heterocycles. The third kappa shape index (κ3) is 6.44. The highest BCUT2D eigenvalue weighted by molar-refractivity contribution is 7.89. The van der Waals surface area contributed by atoms with E-state index in [9.17, 15) is 13.2 Å². The Morgan fingerprint density at radius 1 is 0.778 bits per heavy atom. The quantitative estimate of drug-likeness (QED) is 0.278. The number of carbonyl (C=O) groups excluding carboxylic acids is 1. The van der Waals surface area contributed by atoms with Crippen LogP contribution >= 0.6 is 0 Å². The molecular weight excluding hydrogens is 472 g/mol. The number of hydrogen-bond acceptors (Lipinski definition) is 5. The van der Waals surface area contributed by atoms with E-state index in [1.807, 2.05) is 78.9 Å². The number of carbonyl (C=O) groups is 1. The van der Waals surface area contributed by atoms with E-state index in [2.05, 4.69) is 4.98 Å². The third-order valence-electron chi connectivity index (χ3n) is 5.86. The van der Waals surface area contributed by atoms with Crippen LogP contribution in [0.4, 0.5) is 0 Å². The van der Waals surface area contributed by atoms with Crippen LogP contribution in [0.25, 0.3) is 11.1 Å². The molecule has 3 aromatic carbocycles. The Bertz CT molecular complexity index is 1390. The highest BCUT2D eigenvalue weighted by Gasteiger charge is 2.26. The van der Waals surface area contributed by atoms with Gasteiger partial charge in [0.1, 0.15) is 0 Å². The molecule has 0 atom stereocenters. The van der Waals surface area contributed by atoms with Crippen LogP contribution in [0, 0.1) is 0 Å². The van der Waals surface area contributed by atoms with E-state index >= 15 is 0 Å². The summed E-state index contributed by atoms with van der Waals surface area (Å²) in [6.45, 7) is 0.367. The largest absolute Gasteiger partial charge is 0.469 e. The van der Waals surface area contributed by atoms with E-state index in [4.69, 9.17) is 4.74 Å². The van der Waals surface area contributed by atoms with Gasteiger partial charge in [0.25, 0.3) is 10.0 Å². The van der Waals surface area contributed by atoms with Gasteiger partial charge in [-0.2, -0.15) is 4.31 Å².